The topological polar surface area (TPSA) is 149 Å². The molecule has 0 aliphatic rings. The zero-order chi connectivity index (χ0) is 29.7. The second-order valence-corrected chi connectivity index (χ2v) is 8.63. The van der Waals surface area contributed by atoms with Crippen LogP contribution >= 0.6 is 0 Å². The van der Waals surface area contributed by atoms with Crippen molar-refractivity contribution in [3.05, 3.63) is 83.4 Å². The molecule has 2 aromatic rings. The van der Waals surface area contributed by atoms with E-state index >= 15 is 0 Å². The van der Waals surface area contributed by atoms with Crippen LogP contribution in [0.5, 0.6) is 5.75 Å². The Morgan fingerprint density at radius 3 is 2.12 bits per heavy atom. The molecule has 0 unspecified atom stereocenters. The number of benzene rings is 2. The molecule has 0 bridgehead atoms. The van der Waals surface area contributed by atoms with Gasteiger partial charge in [0.05, 0.1) is 18.8 Å². The van der Waals surface area contributed by atoms with Crippen LogP contribution < -0.4 is 10.5 Å². The highest BCUT2D eigenvalue weighted by Gasteiger charge is 2.31. The minimum Gasteiger partial charge on any atom is -0.466 e. The monoisotopic (exact) mass is 549 g/mol. The minimum absolute atomic E-state index is 0.0405. The first-order chi connectivity index (χ1) is 19.1. The van der Waals surface area contributed by atoms with Gasteiger partial charge in [-0.1, -0.05) is 18.2 Å². The molecule has 1 amide bonds. The van der Waals surface area contributed by atoms with Crippen molar-refractivity contribution in [1.29, 1.82) is 5.41 Å². The molecule has 3 N–H and O–H groups in total. The summed E-state index contributed by atoms with van der Waals surface area (Å²) in [6.45, 7) is 9.05. The zero-order valence-corrected chi connectivity index (χ0v) is 23.0. The molecule has 0 aliphatic heterocycles. The number of carbonyl (C=O) groups is 4. The lowest BCUT2D eigenvalue weighted by Gasteiger charge is -2.29. The van der Waals surface area contributed by atoms with Gasteiger partial charge in [-0.3, -0.25) is 15.0 Å². The number of hydrogen-bond acceptors (Lipinski definition) is 8. The van der Waals surface area contributed by atoms with Crippen LogP contribution in [0.4, 0.5) is 0 Å². The van der Waals surface area contributed by atoms with Crippen LogP contribution in [0, 0.1) is 5.41 Å². The number of rotatable bonds is 14. The molecular weight excluding hydrogens is 514 g/mol. The van der Waals surface area contributed by atoms with Crippen LogP contribution in [0.25, 0.3) is 6.08 Å². The molecule has 10 heteroatoms. The first kappa shape index (κ1) is 31.5. The lowest BCUT2D eigenvalue weighted by Crippen LogP contribution is -2.46. The van der Waals surface area contributed by atoms with E-state index < -0.39 is 29.9 Å². The van der Waals surface area contributed by atoms with Crippen molar-refractivity contribution in [2.24, 2.45) is 5.73 Å². The van der Waals surface area contributed by atoms with Gasteiger partial charge in [-0.15, -0.1) is 6.58 Å². The van der Waals surface area contributed by atoms with E-state index in [4.69, 9.17) is 25.4 Å². The molecule has 2 rings (SSSR count). The quantitative estimate of drug-likeness (QED) is 0.0900. The summed E-state index contributed by atoms with van der Waals surface area (Å²) < 4.78 is 15.5. The van der Waals surface area contributed by atoms with Gasteiger partial charge in [0.1, 0.15) is 17.6 Å². The van der Waals surface area contributed by atoms with Gasteiger partial charge in [-0.2, -0.15) is 0 Å². The van der Waals surface area contributed by atoms with Crippen molar-refractivity contribution in [3.8, 4) is 5.75 Å². The third-order valence-electron chi connectivity index (χ3n) is 5.69. The predicted octanol–water partition coefficient (Wildman–Crippen LogP) is 3.88. The zero-order valence-electron chi connectivity index (χ0n) is 23.0. The second kappa shape index (κ2) is 15.6. The van der Waals surface area contributed by atoms with Gasteiger partial charge in [-0.25, -0.2) is 9.59 Å². The lowest BCUT2D eigenvalue weighted by molar-refractivity contribution is -0.154. The molecule has 0 aromatic heterocycles. The standard InChI is InChI=1S/C30H35N3O7/c1-5-18-33(25(30(37)39-7-3)16-17-26(34)38-6-2)28(35)20(4)19-21-8-10-23(11-9-21)29(36)40-24-14-12-22(13-15-24)27(31)32/h5,8-15,19,25H,1,6-7,16-18H2,2-4H3,(H3,31,32)/b20-19+/t25-/m1/s1. The molecule has 212 valence electrons. The number of nitrogens with two attached hydrogens (primary N) is 1. The Labute approximate surface area is 233 Å². The molecule has 0 spiro atoms. The smallest absolute Gasteiger partial charge is 0.343 e. The van der Waals surface area contributed by atoms with E-state index in [1.807, 2.05) is 0 Å². The fraction of sp³-hybridized carbons (Fsp3) is 0.300. The minimum atomic E-state index is -1.00. The highest BCUT2D eigenvalue weighted by atomic mass is 16.5. The number of carbonyl (C=O) groups excluding carboxylic acids is 4. The van der Waals surface area contributed by atoms with Crippen LogP contribution in [0.2, 0.25) is 0 Å². The van der Waals surface area contributed by atoms with Gasteiger partial charge in [-0.05, 0) is 75.2 Å². The van der Waals surface area contributed by atoms with Crippen molar-refractivity contribution < 1.29 is 33.4 Å². The molecule has 0 heterocycles. The van der Waals surface area contributed by atoms with Crippen molar-refractivity contribution in [2.45, 2.75) is 39.7 Å². The molecule has 1 atom stereocenters. The highest BCUT2D eigenvalue weighted by Crippen LogP contribution is 2.18. The Bertz CT molecular complexity index is 1250. The summed E-state index contributed by atoms with van der Waals surface area (Å²) in [5, 5.41) is 7.43. The molecule has 0 aliphatic carbocycles. The Hall–Kier alpha value is -4.73. The van der Waals surface area contributed by atoms with E-state index in [2.05, 4.69) is 6.58 Å². The predicted molar refractivity (Wildman–Crippen MR) is 151 cm³/mol. The fourth-order valence-electron chi connectivity index (χ4n) is 3.74. The average Bonchev–Trinajstić information content (AvgIpc) is 2.93. The van der Waals surface area contributed by atoms with E-state index in [1.54, 1.807) is 75.4 Å². The molecule has 0 fully saturated rings. The maximum Gasteiger partial charge on any atom is 0.343 e. The number of nitrogen functional groups attached to an aromatic ring is 1. The van der Waals surface area contributed by atoms with Crippen LogP contribution in [-0.2, 0) is 23.9 Å². The lowest BCUT2D eigenvalue weighted by atomic mass is 10.1. The molecule has 10 nitrogen and oxygen atoms in total. The Kier molecular flexibility index (Phi) is 12.3. The highest BCUT2D eigenvalue weighted by molar-refractivity contribution is 6.00. The maximum atomic E-state index is 13.4. The second-order valence-electron chi connectivity index (χ2n) is 8.63. The Balaban J connectivity index is 2.18. The van der Waals surface area contributed by atoms with E-state index in [1.165, 1.54) is 11.0 Å². The Morgan fingerprint density at radius 2 is 1.57 bits per heavy atom. The van der Waals surface area contributed by atoms with Crippen molar-refractivity contribution in [2.75, 3.05) is 19.8 Å². The first-order valence-electron chi connectivity index (χ1n) is 12.8. The van der Waals surface area contributed by atoms with Crippen LogP contribution in [-0.4, -0.2) is 60.4 Å². The first-order valence-corrected chi connectivity index (χ1v) is 12.8. The molecule has 0 saturated heterocycles. The number of amides is 1. The summed E-state index contributed by atoms with van der Waals surface area (Å²) in [6, 6.07) is 11.7. The van der Waals surface area contributed by atoms with Gasteiger partial charge in [0.15, 0.2) is 0 Å². The van der Waals surface area contributed by atoms with E-state index in [-0.39, 0.29) is 38.4 Å². The van der Waals surface area contributed by atoms with Crippen molar-refractivity contribution in [1.82, 2.24) is 4.90 Å². The van der Waals surface area contributed by atoms with Gasteiger partial charge in [0, 0.05) is 24.1 Å². The van der Waals surface area contributed by atoms with Crippen LogP contribution in [0.3, 0.4) is 0 Å². The van der Waals surface area contributed by atoms with Gasteiger partial charge < -0.3 is 24.8 Å². The van der Waals surface area contributed by atoms with E-state index in [9.17, 15) is 19.2 Å². The SMILES string of the molecule is C=CCN(C(=O)/C(C)=C/c1ccc(C(=O)Oc2ccc(C(=N)N)cc2)cc1)[C@H](CCC(=O)OCC)C(=O)OCC. The summed E-state index contributed by atoms with van der Waals surface area (Å²) in [4.78, 5) is 51.9. The van der Waals surface area contributed by atoms with Gasteiger partial charge in [0.25, 0.3) is 5.91 Å². The molecular formula is C30H35N3O7. The largest absolute Gasteiger partial charge is 0.466 e. The van der Waals surface area contributed by atoms with E-state index in [0.717, 1.165) is 0 Å². The number of esters is 3. The number of nitrogens with one attached hydrogen (secondary N) is 1. The summed E-state index contributed by atoms with van der Waals surface area (Å²) in [5.41, 5.74) is 7.22. The number of nitrogens with zero attached hydrogens (tertiary/aromatic N) is 1. The third-order valence-corrected chi connectivity index (χ3v) is 5.69. The normalized spacial score (nSPS) is 11.6. The summed E-state index contributed by atoms with van der Waals surface area (Å²) in [6.07, 6.45) is 3.11. The third kappa shape index (κ3) is 9.23. The summed E-state index contributed by atoms with van der Waals surface area (Å²) in [7, 11) is 0. The molecule has 0 radical (unpaired) electrons. The van der Waals surface area contributed by atoms with Crippen LogP contribution in [0.1, 0.15) is 55.1 Å². The van der Waals surface area contributed by atoms with Crippen molar-refractivity contribution in [3.63, 3.8) is 0 Å². The summed E-state index contributed by atoms with van der Waals surface area (Å²) >= 11 is 0. The Morgan fingerprint density at radius 1 is 0.975 bits per heavy atom. The number of ether oxygens (including phenoxy) is 3. The van der Waals surface area contributed by atoms with Crippen LogP contribution in [0.15, 0.2) is 66.8 Å². The molecule has 0 saturated carbocycles. The molecule has 2 aromatic carbocycles. The van der Waals surface area contributed by atoms with Gasteiger partial charge in [0.2, 0.25) is 0 Å². The van der Waals surface area contributed by atoms with Crippen molar-refractivity contribution >= 4 is 35.7 Å². The fourth-order valence-corrected chi connectivity index (χ4v) is 3.74. The molecule has 40 heavy (non-hydrogen) atoms. The average molecular weight is 550 g/mol. The number of hydrogen-bond donors (Lipinski definition) is 2. The maximum absolute atomic E-state index is 13.4. The number of amidine groups is 1. The van der Waals surface area contributed by atoms with Gasteiger partial charge >= 0.3 is 17.9 Å². The summed E-state index contributed by atoms with van der Waals surface area (Å²) in [5.74, 6) is -1.87. The van der Waals surface area contributed by atoms with E-state index in [0.29, 0.717) is 28.0 Å².